The van der Waals surface area contributed by atoms with Crippen molar-refractivity contribution in [3.05, 3.63) is 30.3 Å². The molecule has 2 rings (SSSR count). The molecule has 2 N–H and O–H groups in total. The minimum Gasteiger partial charge on any atom is -0.394 e. The van der Waals surface area contributed by atoms with Crippen molar-refractivity contribution in [1.29, 1.82) is 0 Å². The number of aliphatic hydroxyl groups is 1. The maximum Gasteiger partial charge on any atom is 0.0635 e. The zero-order chi connectivity index (χ0) is 9.80. The Hall–Kier alpha value is -1.02. The minimum atomic E-state index is 0.236. The largest absolute Gasteiger partial charge is 0.394 e. The van der Waals surface area contributed by atoms with Crippen LogP contribution in [0.1, 0.15) is 19.3 Å². The second-order valence-corrected chi connectivity index (χ2v) is 3.99. The van der Waals surface area contributed by atoms with Crippen molar-refractivity contribution >= 4 is 5.69 Å². The molecule has 1 unspecified atom stereocenters. The number of nitrogens with one attached hydrogen (secondary N) is 1. The number of para-hydroxylation sites is 1. The maximum absolute atomic E-state index is 9.26. The summed E-state index contributed by atoms with van der Waals surface area (Å²) in [4.78, 5) is 0. The van der Waals surface area contributed by atoms with E-state index in [1.165, 1.54) is 19.3 Å². The van der Waals surface area contributed by atoms with Gasteiger partial charge in [0.15, 0.2) is 0 Å². The molecule has 2 heteroatoms. The molecule has 1 atom stereocenters. The lowest BCUT2D eigenvalue weighted by Crippen LogP contribution is -2.36. The predicted molar refractivity (Wildman–Crippen MR) is 58.3 cm³/mol. The third kappa shape index (κ3) is 2.07. The van der Waals surface area contributed by atoms with Gasteiger partial charge in [0.2, 0.25) is 0 Å². The summed E-state index contributed by atoms with van der Waals surface area (Å²) >= 11 is 0. The van der Waals surface area contributed by atoms with Crippen LogP contribution in [0.5, 0.6) is 0 Å². The Bertz CT molecular complexity index is 269. The fourth-order valence-electron chi connectivity index (χ4n) is 1.90. The summed E-state index contributed by atoms with van der Waals surface area (Å²) in [5.74, 6) is 0.667. The Morgan fingerprint density at radius 1 is 1.29 bits per heavy atom. The Morgan fingerprint density at radius 2 is 2.00 bits per heavy atom. The average molecular weight is 191 g/mol. The van der Waals surface area contributed by atoms with Crippen molar-refractivity contribution < 1.29 is 5.11 Å². The lowest BCUT2D eigenvalue weighted by atomic mass is 9.80. The Morgan fingerprint density at radius 3 is 2.50 bits per heavy atom. The molecule has 1 aliphatic rings. The quantitative estimate of drug-likeness (QED) is 0.765. The zero-order valence-corrected chi connectivity index (χ0v) is 8.32. The molecule has 1 saturated carbocycles. The molecule has 76 valence electrons. The summed E-state index contributed by atoms with van der Waals surface area (Å²) in [6, 6.07) is 10.4. The van der Waals surface area contributed by atoms with Crippen molar-refractivity contribution in [3.8, 4) is 0 Å². The van der Waals surface area contributed by atoms with Crippen LogP contribution in [0.4, 0.5) is 5.69 Å². The molecule has 2 nitrogen and oxygen atoms in total. The van der Waals surface area contributed by atoms with Crippen molar-refractivity contribution in [2.24, 2.45) is 5.92 Å². The van der Waals surface area contributed by atoms with Crippen molar-refractivity contribution in [1.82, 2.24) is 0 Å². The van der Waals surface area contributed by atoms with Crippen LogP contribution < -0.4 is 5.32 Å². The van der Waals surface area contributed by atoms with Crippen molar-refractivity contribution in [2.75, 3.05) is 11.9 Å². The summed E-state index contributed by atoms with van der Waals surface area (Å²) in [5, 5.41) is 12.6. The normalized spacial score (nSPS) is 18.6. The first-order valence-corrected chi connectivity index (χ1v) is 5.32. The third-order valence-corrected chi connectivity index (χ3v) is 3.04. The van der Waals surface area contributed by atoms with Gasteiger partial charge in [0.05, 0.1) is 12.6 Å². The molecule has 0 radical (unpaired) electrons. The van der Waals surface area contributed by atoms with Gasteiger partial charge in [0, 0.05) is 5.69 Å². The van der Waals surface area contributed by atoms with Gasteiger partial charge in [0.25, 0.3) is 0 Å². The second-order valence-electron chi connectivity index (χ2n) is 3.99. The van der Waals surface area contributed by atoms with Crippen LogP contribution >= 0.6 is 0 Å². The molecule has 14 heavy (non-hydrogen) atoms. The van der Waals surface area contributed by atoms with E-state index in [0.717, 1.165) is 5.69 Å². The van der Waals surface area contributed by atoms with Gasteiger partial charge in [-0.05, 0) is 30.9 Å². The van der Waals surface area contributed by atoms with Crippen LogP contribution in [-0.2, 0) is 0 Å². The van der Waals surface area contributed by atoms with E-state index in [1.807, 2.05) is 30.3 Å². The van der Waals surface area contributed by atoms with Crippen LogP contribution in [0.2, 0.25) is 0 Å². The van der Waals surface area contributed by atoms with Crippen LogP contribution in [0.25, 0.3) is 0 Å². The van der Waals surface area contributed by atoms with Crippen LogP contribution in [0.15, 0.2) is 30.3 Å². The highest BCUT2D eigenvalue weighted by molar-refractivity contribution is 5.43. The third-order valence-electron chi connectivity index (χ3n) is 3.04. The smallest absolute Gasteiger partial charge is 0.0635 e. The van der Waals surface area contributed by atoms with Crippen molar-refractivity contribution in [3.63, 3.8) is 0 Å². The standard InChI is InChI=1S/C12H17NO/c14-9-12(10-5-4-6-10)13-11-7-2-1-3-8-11/h1-3,7-8,10,12-14H,4-6,9H2. The van der Waals surface area contributed by atoms with E-state index in [0.29, 0.717) is 5.92 Å². The monoisotopic (exact) mass is 191 g/mol. The van der Waals surface area contributed by atoms with Gasteiger partial charge in [-0.1, -0.05) is 24.6 Å². The first-order chi connectivity index (χ1) is 6.90. The lowest BCUT2D eigenvalue weighted by Gasteiger charge is -2.33. The van der Waals surface area contributed by atoms with Gasteiger partial charge in [0.1, 0.15) is 0 Å². The molecule has 0 amide bonds. The van der Waals surface area contributed by atoms with Gasteiger partial charge in [-0.15, -0.1) is 0 Å². The van der Waals surface area contributed by atoms with E-state index in [1.54, 1.807) is 0 Å². The van der Waals surface area contributed by atoms with Crippen LogP contribution in [-0.4, -0.2) is 17.8 Å². The molecule has 0 saturated heterocycles. The molecule has 1 aliphatic carbocycles. The number of hydrogen-bond donors (Lipinski definition) is 2. The highest BCUT2D eigenvalue weighted by Gasteiger charge is 2.26. The zero-order valence-electron chi connectivity index (χ0n) is 8.32. The highest BCUT2D eigenvalue weighted by Crippen LogP contribution is 2.30. The number of benzene rings is 1. The van der Waals surface area contributed by atoms with E-state index < -0.39 is 0 Å². The fraction of sp³-hybridized carbons (Fsp3) is 0.500. The second kappa shape index (κ2) is 4.47. The van der Waals surface area contributed by atoms with Gasteiger partial charge in [-0.3, -0.25) is 0 Å². The number of hydrogen-bond acceptors (Lipinski definition) is 2. The van der Waals surface area contributed by atoms with E-state index in [9.17, 15) is 5.11 Å². The van der Waals surface area contributed by atoms with Crippen LogP contribution in [0.3, 0.4) is 0 Å². The number of anilines is 1. The van der Waals surface area contributed by atoms with Gasteiger partial charge in [-0.25, -0.2) is 0 Å². The molecule has 0 spiro atoms. The van der Waals surface area contributed by atoms with E-state index in [2.05, 4.69) is 5.32 Å². The molecule has 1 fully saturated rings. The first-order valence-electron chi connectivity index (χ1n) is 5.32. The van der Waals surface area contributed by atoms with Gasteiger partial charge >= 0.3 is 0 Å². The topological polar surface area (TPSA) is 32.3 Å². The molecule has 1 aromatic rings. The van der Waals surface area contributed by atoms with E-state index in [-0.39, 0.29) is 12.6 Å². The summed E-state index contributed by atoms with van der Waals surface area (Å²) in [5.41, 5.74) is 1.11. The molecule has 0 bridgehead atoms. The van der Waals surface area contributed by atoms with E-state index >= 15 is 0 Å². The van der Waals surface area contributed by atoms with E-state index in [4.69, 9.17) is 0 Å². The summed E-state index contributed by atoms with van der Waals surface area (Å²) in [7, 11) is 0. The average Bonchev–Trinajstić information content (AvgIpc) is 2.15. The fourth-order valence-corrected chi connectivity index (χ4v) is 1.90. The summed E-state index contributed by atoms with van der Waals surface area (Å²) in [6.07, 6.45) is 3.83. The summed E-state index contributed by atoms with van der Waals surface area (Å²) < 4.78 is 0. The van der Waals surface area contributed by atoms with Crippen molar-refractivity contribution in [2.45, 2.75) is 25.3 Å². The Labute approximate surface area is 85.0 Å². The van der Waals surface area contributed by atoms with Crippen LogP contribution in [0, 0.1) is 5.92 Å². The minimum absolute atomic E-state index is 0.236. The molecule has 0 aromatic heterocycles. The molecule has 0 aliphatic heterocycles. The van der Waals surface area contributed by atoms with Gasteiger partial charge < -0.3 is 10.4 Å². The van der Waals surface area contributed by atoms with Gasteiger partial charge in [-0.2, -0.15) is 0 Å². The number of rotatable bonds is 4. The Balaban J connectivity index is 1.94. The molecule has 0 heterocycles. The maximum atomic E-state index is 9.26. The SMILES string of the molecule is OCC(Nc1ccccc1)C1CCC1. The highest BCUT2D eigenvalue weighted by atomic mass is 16.3. The lowest BCUT2D eigenvalue weighted by molar-refractivity contribution is 0.187. The number of aliphatic hydroxyl groups excluding tert-OH is 1. The molecular formula is C12H17NO. The molecular weight excluding hydrogens is 174 g/mol. The Kier molecular flexibility index (Phi) is 3.04. The first kappa shape index (κ1) is 9.53. The summed E-state index contributed by atoms with van der Waals surface area (Å²) in [6.45, 7) is 0.236. The predicted octanol–water partition coefficient (Wildman–Crippen LogP) is 2.26. The molecule has 1 aromatic carbocycles.